The summed E-state index contributed by atoms with van der Waals surface area (Å²) in [5, 5.41) is 9.89. The minimum Gasteiger partial charge on any atom is -0.325 e. The first-order valence-electron chi connectivity index (χ1n) is 6.88. The molecule has 0 spiro atoms. The Morgan fingerprint density at radius 2 is 2.04 bits per heavy atom. The van der Waals surface area contributed by atoms with Crippen LogP contribution in [0.15, 0.2) is 53.9 Å². The summed E-state index contributed by atoms with van der Waals surface area (Å²) < 4.78 is 12.2. The van der Waals surface area contributed by atoms with E-state index < -0.39 is 16.7 Å². The summed E-state index contributed by atoms with van der Waals surface area (Å²) in [6.45, 7) is 0. The molecule has 9 heteroatoms. The number of rotatable bonds is 5. The van der Waals surface area contributed by atoms with Gasteiger partial charge in [0.25, 0.3) is 0 Å². The highest BCUT2D eigenvalue weighted by molar-refractivity contribution is 7.85. The first kappa shape index (κ1) is 16.3. The number of aromatic nitrogens is 4. The number of halogens is 1. The maximum Gasteiger partial charge on any atom is 0.237 e. The number of benzene rings is 1. The first-order valence-corrected chi connectivity index (χ1v) is 8.58. The monoisotopic (exact) mass is 361 g/mol. The average molecular weight is 362 g/mol. The van der Waals surface area contributed by atoms with E-state index in [2.05, 4.69) is 25.5 Å². The van der Waals surface area contributed by atoms with Crippen molar-refractivity contribution in [3.8, 4) is 11.4 Å². The zero-order valence-corrected chi connectivity index (χ0v) is 13.8. The smallest absolute Gasteiger partial charge is 0.237 e. The molecule has 24 heavy (non-hydrogen) atoms. The third-order valence-electron chi connectivity index (χ3n) is 2.99. The number of hydrogen-bond acceptors (Lipinski definition) is 5. The number of nitrogens with one attached hydrogen (secondary N) is 2. The molecule has 0 aliphatic heterocycles. The number of hydrogen-bond donors (Lipinski definition) is 2. The number of carbonyl (C=O) groups excluding carboxylic acids is 1. The van der Waals surface area contributed by atoms with Gasteiger partial charge in [-0.2, -0.15) is 10.1 Å². The Hall–Kier alpha value is -2.58. The molecule has 3 rings (SSSR count). The number of anilines is 1. The van der Waals surface area contributed by atoms with Crippen molar-refractivity contribution in [1.82, 2.24) is 20.2 Å². The van der Waals surface area contributed by atoms with Crippen LogP contribution < -0.4 is 5.32 Å². The molecule has 0 fully saturated rings. The van der Waals surface area contributed by atoms with Crippen LogP contribution in [0.5, 0.6) is 0 Å². The van der Waals surface area contributed by atoms with Crippen LogP contribution in [0.25, 0.3) is 11.4 Å². The lowest BCUT2D eigenvalue weighted by Crippen LogP contribution is -2.20. The fourth-order valence-electron chi connectivity index (χ4n) is 1.93. The molecule has 0 radical (unpaired) electrons. The predicted molar refractivity (Wildman–Crippen MR) is 91.0 cm³/mol. The Labute approximate surface area is 145 Å². The van der Waals surface area contributed by atoms with Gasteiger partial charge in [0.1, 0.15) is 16.6 Å². The Kier molecular flexibility index (Phi) is 4.97. The van der Waals surface area contributed by atoms with Gasteiger partial charge in [0.2, 0.25) is 11.1 Å². The van der Waals surface area contributed by atoms with Crippen molar-refractivity contribution < 1.29 is 9.00 Å². The lowest BCUT2D eigenvalue weighted by atomic mass is 10.3. The second-order valence-corrected chi connectivity index (χ2v) is 6.55. The molecule has 2 N–H and O–H groups in total. The van der Waals surface area contributed by atoms with Crippen LogP contribution in [0, 0.1) is 0 Å². The normalized spacial score (nSPS) is 11.9. The molecule has 2 heterocycles. The van der Waals surface area contributed by atoms with Crippen molar-refractivity contribution in [3.05, 3.63) is 53.8 Å². The standard InChI is InChI=1S/C15H12ClN5O2S/c16-11-2-1-3-12(8-11)18-13(22)9-24(23)15-19-14(20-21-15)10-4-6-17-7-5-10/h1-8H,9H2,(H,18,22)(H,19,20,21). The van der Waals surface area contributed by atoms with Gasteiger partial charge in [0.15, 0.2) is 5.82 Å². The molecule has 1 amide bonds. The SMILES string of the molecule is O=C(CS(=O)c1nc(-c2ccncc2)n[nH]1)Nc1cccc(Cl)c1. The van der Waals surface area contributed by atoms with Crippen LogP contribution in [-0.2, 0) is 15.6 Å². The summed E-state index contributed by atoms with van der Waals surface area (Å²) in [4.78, 5) is 20.0. The summed E-state index contributed by atoms with van der Waals surface area (Å²) in [6.07, 6.45) is 3.22. The second-order valence-electron chi connectivity index (χ2n) is 4.75. The third kappa shape index (κ3) is 4.03. The molecule has 0 bridgehead atoms. The van der Waals surface area contributed by atoms with Crippen LogP contribution in [0.3, 0.4) is 0 Å². The van der Waals surface area contributed by atoms with Crippen molar-refractivity contribution in [2.75, 3.05) is 11.1 Å². The molecule has 0 saturated carbocycles. The summed E-state index contributed by atoms with van der Waals surface area (Å²) >= 11 is 5.85. The van der Waals surface area contributed by atoms with Gasteiger partial charge in [-0.3, -0.25) is 19.1 Å². The Morgan fingerprint density at radius 1 is 1.25 bits per heavy atom. The van der Waals surface area contributed by atoms with Gasteiger partial charge in [-0.05, 0) is 30.3 Å². The van der Waals surface area contributed by atoms with E-state index in [1.807, 2.05) is 0 Å². The molecule has 2 aromatic heterocycles. The molecule has 0 saturated heterocycles. The summed E-state index contributed by atoms with van der Waals surface area (Å²) in [5.74, 6) is -0.245. The van der Waals surface area contributed by atoms with Crippen LogP contribution in [0.4, 0.5) is 5.69 Å². The maximum absolute atomic E-state index is 12.2. The average Bonchev–Trinajstić information content (AvgIpc) is 3.05. The van der Waals surface area contributed by atoms with Crippen molar-refractivity contribution in [1.29, 1.82) is 0 Å². The summed E-state index contributed by atoms with van der Waals surface area (Å²) in [5.41, 5.74) is 1.28. The number of carbonyl (C=O) groups is 1. The second kappa shape index (κ2) is 7.33. The number of nitrogens with zero attached hydrogens (tertiary/aromatic N) is 3. The van der Waals surface area contributed by atoms with Crippen molar-refractivity contribution in [3.63, 3.8) is 0 Å². The van der Waals surface area contributed by atoms with Crippen LogP contribution in [0.1, 0.15) is 0 Å². The molecule has 1 aromatic carbocycles. The Morgan fingerprint density at radius 3 is 2.79 bits per heavy atom. The maximum atomic E-state index is 12.2. The Bertz CT molecular complexity index is 884. The van der Waals surface area contributed by atoms with Crippen LogP contribution >= 0.6 is 11.6 Å². The van der Waals surface area contributed by atoms with Gasteiger partial charge < -0.3 is 5.32 Å². The van der Waals surface area contributed by atoms with E-state index in [1.54, 1.807) is 48.8 Å². The number of H-pyrrole nitrogens is 1. The summed E-state index contributed by atoms with van der Waals surface area (Å²) in [7, 11) is -1.64. The molecule has 0 aliphatic rings. The fraction of sp³-hybridized carbons (Fsp3) is 0.0667. The van der Waals surface area contributed by atoms with Gasteiger partial charge in [0, 0.05) is 28.7 Å². The first-order chi connectivity index (χ1) is 11.6. The molecule has 0 aliphatic carbocycles. The Balaban J connectivity index is 1.65. The largest absolute Gasteiger partial charge is 0.325 e. The molecule has 7 nitrogen and oxygen atoms in total. The van der Waals surface area contributed by atoms with Crippen LogP contribution in [0.2, 0.25) is 5.02 Å². The predicted octanol–water partition coefficient (Wildman–Crippen LogP) is 2.27. The zero-order chi connectivity index (χ0) is 16.9. The number of aromatic amines is 1. The lowest BCUT2D eigenvalue weighted by Gasteiger charge is -2.04. The number of amides is 1. The molecule has 1 unspecified atom stereocenters. The minimum atomic E-state index is -1.64. The quantitative estimate of drug-likeness (QED) is 0.726. The topological polar surface area (TPSA) is 101 Å². The van der Waals surface area contributed by atoms with Gasteiger partial charge in [-0.15, -0.1) is 0 Å². The van der Waals surface area contributed by atoms with Gasteiger partial charge in [-0.25, -0.2) is 0 Å². The minimum absolute atomic E-state index is 0.142. The lowest BCUT2D eigenvalue weighted by molar-refractivity contribution is -0.113. The number of pyridine rings is 1. The molecular formula is C15H12ClN5O2S. The van der Waals surface area contributed by atoms with E-state index in [1.165, 1.54) is 0 Å². The third-order valence-corrected chi connectivity index (χ3v) is 4.36. The highest BCUT2D eigenvalue weighted by Crippen LogP contribution is 2.16. The highest BCUT2D eigenvalue weighted by atomic mass is 35.5. The van der Waals surface area contributed by atoms with E-state index in [0.717, 1.165) is 5.56 Å². The van der Waals surface area contributed by atoms with Gasteiger partial charge in [-0.1, -0.05) is 17.7 Å². The molecule has 3 aromatic rings. The van der Waals surface area contributed by atoms with E-state index in [4.69, 9.17) is 11.6 Å². The molecular weight excluding hydrogens is 350 g/mol. The van der Waals surface area contributed by atoms with Crippen molar-refractivity contribution >= 4 is 34.0 Å². The van der Waals surface area contributed by atoms with Gasteiger partial charge in [0.05, 0.1) is 0 Å². The van der Waals surface area contributed by atoms with E-state index in [9.17, 15) is 9.00 Å². The fourth-order valence-corrected chi connectivity index (χ4v) is 2.90. The van der Waals surface area contributed by atoms with Crippen molar-refractivity contribution in [2.45, 2.75) is 5.16 Å². The zero-order valence-electron chi connectivity index (χ0n) is 12.3. The van der Waals surface area contributed by atoms with E-state index in [0.29, 0.717) is 16.5 Å². The summed E-state index contributed by atoms with van der Waals surface area (Å²) in [6, 6.07) is 10.2. The van der Waals surface area contributed by atoms with Crippen molar-refractivity contribution in [2.24, 2.45) is 0 Å². The van der Waals surface area contributed by atoms with Crippen LogP contribution in [-0.4, -0.2) is 36.0 Å². The highest BCUT2D eigenvalue weighted by Gasteiger charge is 2.15. The molecule has 1 atom stereocenters. The van der Waals surface area contributed by atoms with Gasteiger partial charge >= 0.3 is 0 Å². The van der Waals surface area contributed by atoms with E-state index >= 15 is 0 Å². The molecule has 122 valence electrons. The van der Waals surface area contributed by atoms with E-state index in [-0.39, 0.29) is 10.9 Å².